The molecule has 0 fully saturated rings. The van der Waals surface area contributed by atoms with Crippen molar-refractivity contribution in [2.24, 2.45) is 0 Å². The molecule has 1 aliphatic heterocycles. The summed E-state index contributed by atoms with van der Waals surface area (Å²) in [4.78, 5) is 11.1. The van der Waals surface area contributed by atoms with Gasteiger partial charge in [0.25, 0.3) is 0 Å². The standard InChI is InChI=1S/C15H18N6S/c1-12-15-17-6-14(8-20-11-16-10-18-20)21(15)4-3-19(12)7-13-2-5-22-9-13/h2,5-6,9-12H,3-4,7-8H2,1H3/t12-/m1/s1. The summed E-state index contributed by atoms with van der Waals surface area (Å²) < 4.78 is 4.17. The van der Waals surface area contributed by atoms with Crippen LogP contribution in [0, 0.1) is 0 Å². The van der Waals surface area contributed by atoms with Gasteiger partial charge in [-0.05, 0) is 29.3 Å². The van der Waals surface area contributed by atoms with Gasteiger partial charge in [-0.3, -0.25) is 4.90 Å². The molecule has 6 nitrogen and oxygen atoms in total. The van der Waals surface area contributed by atoms with E-state index in [0.29, 0.717) is 6.04 Å². The lowest BCUT2D eigenvalue weighted by atomic mass is 10.2. The zero-order chi connectivity index (χ0) is 14.9. The van der Waals surface area contributed by atoms with Crippen LogP contribution in [0.3, 0.4) is 0 Å². The zero-order valence-electron chi connectivity index (χ0n) is 12.5. The second kappa shape index (κ2) is 5.66. The monoisotopic (exact) mass is 314 g/mol. The number of thiophene rings is 1. The molecule has 22 heavy (non-hydrogen) atoms. The summed E-state index contributed by atoms with van der Waals surface area (Å²) >= 11 is 1.76. The summed E-state index contributed by atoms with van der Waals surface area (Å²) in [6.45, 7) is 5.99. The van der Waals surface area contributed by atoms with Crippen molar-refractivity contribution >= 4 is 11.3 Å². The Balaban J connectivity index is 1.54. The molecule has 0 aliphatic carbocycles. The smallest absolute Gasteiger partial charge is 0.137 e. The Morgan fingerprint density at radius 3 is 3.05 bits per heavy atom. The first-order valence-electron chi connectivity index (χ1n) is 7.43. The first kappa shape index (κ1) is 13.7. The molecule has 0 aromatic carbocycles. The quantitative estimate of drug-likeness (QED) is 0.740. The van der Waals surface area contributed by atoms with Crippen molar-refractivity contribution in [3.8, 4) is 0 Å². The minimum atomic E-state index is 0.332. The fourth-order valence-electron chi connectivity index (χ4n) is 3.04. The van der Waals surface area contributed by atoms with E-state index in [1.165, 1.54) is 11.3 Å². The van der Waals surface area contributed by atoms with Crippen molar-refractivity contribution in [2.75, 3.05) is 6.54 Å². The topological polar surface area (TPSA) is 51.8 Å². The van der Waals surface area contributed by atoms with Crippen LogP contribution in [0.15, 0.2) is 35.7 Å². The van der Waals surface area contributed by atoms with E-state index in [-0.39, 0.29) is 0 Å². The molecular weight excluding hydrogens is 296 g/mol. The molecule has 7 heteroatoms. The van der Waals surface area contributed by atoms with Gasteiger partial charge in [0.05, 0.1) is 24.5 Å². The molecule has 0 amide bonds. The average Bonchev–Trinajstić information content (AvgIpc) is 3.25. The summed E-state index contributed by atoms with van der Waals surface area (Å²) in [5, 5.41) is 8.55. The molecule has 0 saturated heterocycles. The summed E-state index contributed by atoms with van der Waals surface area (Å²) in [7, 11) is 0. The minimum Gasteiger partial charge on any atom is -0.328 e. The molecule has 0 spiro atoms. The van der Waals surface area contributed by atoms with Gasteiger partial charge >= 0.3 is 0 Å². The van der Waals surface area contributed by atoms with E-state index in [1.807, 2.05) is 10.9 Å². The van der Waals surface area contributed by atoms with Crippen LogP contribution in [-0.4, -0.2) is 35.8 Å². The third-order valence-corrected chi connectivity index (χ3v) is 4.99. The highest BCUT2D eigenvalue weighted by molar-refractivity contribution is 7.07. The third kappa shape index (κ3) is 2.46. The summed E-state index contributed by atoms with van der Waals surface area (Å²) in [5.41, 5.74) is 2.59. The molecule has 0 radical (unpaired) electrons. The molecule has 4 rings (SSSR count). The van der Waals surface area contributed by atoms with Crippen LogP contribution >= 0.6 is 11.3 Å². The van der Waals surface area contributed by atoms with E-state index in [1.54, 1.807) is 24.0 Å². The fraction of sp³-hybridized carbons (Fsp3) is 0.400. The van der Waals surface area contributed by atoms with Crippen molar-refractivity contribution in [1.82, 2.24) is 29.2 Å². The minimum absolute atomic E-state index is 0.332. The maximum Gasteiger partial charge on any atom is 0.137 e. The Kier molecular flexibility index (Phi) is 3.51. The van der Waals surface area contributed by atoms with Crippen molar-refractivity contribution < 1.29 is 0 Å². The van der Waals surface area contributed by atoms with Crippen molar-refractivity contribution in [3.63, 3.8) is 0 Å². The SMILES string of the molecule is C[C@@H]1c2ncc(Cn3cncn3)n2CCN1Cc1ccsc1. The predicted molar refractivity (Wildman–Crippen MR) is 84.5 cm³/mol. The number of nitrogens with zero attached hydrogens (tertiary/aromatic N) is 6. The fourth-order valence-corrected chi connectivity index (χ4v) is 3.70. The lowest BCUT2D eigenvalue weighted by Gasteiger charge is -2.34. The van der Waals surface area contributed by atoms with Gasteiger partial charge in [0.2, 0.25) is 0 Å². The second-order valence-corrected chi connectivity index (χ2v) is 6.41. The van der Waals surface area contributed by atoms with E-state index in [2.05, 4.69) is 48.3 Å². The Bertz CT molecular complexity index is 730. The number of aromatic nitrogens is 5. The van der Waals surface area contributed by atoms with E-state index < -0.39 is 0 Å². The van der Waals surface area contributed by atoms with Crippen LogP contribution in [0.1, 0.15) is 30.0 Å². The summed E-state index contributed by atoms with van der Waals surface area (Å²) in [6.07, 6.45) is 5.29. The van der Waals surface area contributed by atoms with Crippen molar-refractivity contribution in [3.05, 3.63) is 52.8 Å². The van der Waals surface area contributed by atoms with Crippen molar-refractivity contribution in [1.29, 1.82) is 0 Å². The highest BCUT2D eigenvalue weighted by Crippen LogP contribution is 2.27. The van der Waals surface area contributed by atoms with Crippen LogP contribution in [0.25, 0.3) is 0 Å². The zero-order valence-corrected chi connectivity index (χ0v) is 13.3. The van der Waals surface area contributed by atoms with E-state index in [4.69, 9.17) is 0 Å². The van der Waals surface area contributed by atoms with Gasteiger partial charge in [-0.2, -0.15) is 16.4 Å². The molecule has 1 atom stereocenters. The molecule has 114 valence electrons. The van der Waals surface area contributed by atoms with Crippen molar-refractivity contribution in [2.45, 2.75) is 32.6 Å². The molecule has 1 aliphatic rings. The van der Waals surface area contributed by atoms with E-state index in [0.717, 1.165) is 32.0 Å². The van der Waals surface area contributed by atoms with E-state index >= 15 is 0 Å². The lowest BCUT2D eigenvalue weighted by molar-refractivity contribution is 0.155. The van der Waals surface area contributed by atoms with Crippen LogP contribution in [0.5, 0.6) is 0 Å². The Morgan fingerprint density at radius 2 is 2.27 bits per heavy atom. The molecule has 3 aromatic heterocycles. The van der Waals surface area contributed by atoms with Gasteiger partial charge in [-0.25, -0.2) is 14.6 Å². The second-order valence-electron chi connectivity index (χ2n) is 5.63. The molecule has 0 bridgehead atoms. The molecule has 0 N–H and O–H groups in total. The number of rotatable bonds is 4. The van der Waals surface area contributed by atoms with Crippen LogP contribution < -0.4 is 0 Å². The van der Waals surface area contributed by atoms with Gasteiger partial charge in [-0.15, -0.1) is 0 Å². The molecule has 4 heterocycles. The number of hydrogen-bond acceptors (Lipinski definition) is 5. The van der Waals surface area contributed by atoms with E-state index in [9.17, 15) is 0 Å². The van der Waals surface area contributed by atoms with Crippen LogP contribution in [0.2, 0.25) is 0 Å². The number of hydrogen-bond donors (Lipinski definition) is 0. The Labute approximate surface area is 133 Å². The Hall–Kier alpha value is -1.99. The van der Waals surface area contributed by atoms with Gasteiger partial charge in [0.15, 0.2) is 0 Å². The Morgan fingerprint density at radius 1 is 1.32 bits per heavy atom. The first-order chi connectivity index (χ1) is 10.8. The van der Waals surface area contributed by atoms with Gasteiger partial charge in [0, 0.05) is 19.6 Å². The summed E-state index contributed by atoms with van der Waals surface area (Å²) in [5.74, 6) is 1.15. The molecular formula is C15H18N6S. The largest absolute Gasteiger partial charge is 0.328 e. The average molecular weight is 314 g/mol. The normalized spacial score (nSPS) is 18.5. The molecule has 3 aromatic rings. The van der Waals surface area contributed by atoms with Crippen LogP contribution in [-0.2, 0) is 19.6 Å². The maximum atomic E-state index is 4.66. The van der Waals surface area contributed by atoms with Gasteiger partial charge < -0.3 is 4.57 Å². The summed E-state index contributed by atoms with van der Waals surface area (Å²) in [6, 6.07) is 2.53. The predicted octanol–water partition coefficient (Wildman–Crippen LogP) is 2.16. The van der Waals surface area contributed by atoms with Crippen LogP contribution in [0.4, 0.5) is 0 Å². The lowest BCUT2D eigenvalue weighted by Crippen LogP contribution is -2.37. The highest BCUT2D eigenvalue weighted by atomic mass is 32.1. The third-order valence-electron chi connectivity index (χ3n) is 4.26. The molecule has 0 unspecified atom stereocenters. The number of fused-ring (bicyclic) bond motifs is 1. The highest BCUT2D eigenvalue weighted by Gasteiger charge is 2.27. The van der Waals surface area contributed by atoms with Gasteiger partial charge in [0.1, 0.15) is 18.5 Å². The first-order valence-corrected chi connectivity index (χ1v) is 8.37. The maximum absolute atomic E-state index is 4.66. The van der Waals surface area contributed by atoms with Gasteiger partial charge in [-0.1, -0.05) is 0 Å². The molecule has 0 saturated carbocycles. The number of imidazole rings is 1.